The van der Waals surface area contributed by atoms with E-state index in [1.54, 1.807) is 29.0 Å². The molecule has 9 heteroatoms. The highest BCUT2D eigenvalue weighted by molar-refractivity contribution is 6.07. The standard InChI is InChI=1S/C25H29N5O4/c1-14(2)34-22-17(21(31)26-18-6-5-7-29(23(18)32)19-8-15(19)3)9-16-10-30(28-20(16)27-22)25-11-24(4,12-25)33-13-25/h5-7,9-10,14-15,19H,8,11-13H2,1-4H3,(H,26,31)/t15-,19?,24?,25?/m1/s1. The van der Waals surface area contributed by atoms with E-state index in [2.05, 4.69) is 24.1 Å². The fraction of sp³-hybridized carbons (Fsp3) is 0.520. The fourth-order valence-corrected chi connectivity index (χ4v) is 5.49. The molecule has 4 fully saturated rings. The van der Waals surface area contributed by atoms with Gasteiger partial charge >= 0.3 is 0 Å². The third-order valence-corrected chi connectivity index (χ3v) is 7.28. The Labute approximate surface area is 197 Å². The fourth-order valence-electron chi connectivity index (χ4n) is 5.49. The van der Waals surface area contributed by atoms with Gasteiger partial charge in [0.05, 0.1) is 23.9 Å². The normalized spacial score (nSPS) is 29.3. The molecule has 2 aliphatic carbocycles. The number of hydrogen-bond donors (Lipinski definition) is 1. The summed E-state index contributed by atoms with van der Waals surface area (Å²) in [6, 6.07) is 5.35. The van der Waals surface area contributed by atoms with E-state index in [1.165, 1.54) is 0 Å². The number of rotatable bonds is 6. The van der Waals surface area contributed by atoms with Crippen LogP contribution in [0.25, 0.3) is 11.0 Å². The minimum atomic E-state index is -0.435. The Hall–Kier alpha value is -3.20. The second-order valence-corrected chi connectivity index (χ2v) is 10.7. The average Bonchev–Trinajstić information content (AvgIpc) is 3.08. The Balaban J connectivity index is 1.35. The van der Waals surface area contributed by atoms with Gasteiger partial charge in [0.25, 0.3) is 11.5 Å². The van der Waals surface area contributed by atoms with E-state index in [9.17, 15) is 9.59 Å². The summed E-state index contributed by atoms with van der Waals surface area (Å²) in [4.78, 5) is 30.8. The summed E-state index contributed by atoms with van der Waals surface area (Å²) >= 11 is 0. The van der Waals surface area contributed by atoms with E-state index in [0.29, 0.717) is 18.2 Å². The quantitative estimate of drug-likeness (QED) is 0.601. The Morgan fingerprint density at radius 3 is 2.76 bits per heavy atom. The molecule has 1 N–H and O–H groups in total. The van der Waals surface area contributed by atoms with Crippen molar-refractivity contribution >= 4 is 22.6 Å². The van der Waals surface area contributed by atoms with E-state index >= 15 is 0 Å². The van der Waals surface area contributed by atoms with E-state index in [1.807, 2.05) is 24.7 Å². The number of ether oxygens (including phenoxy) is 2. The van der Waals surface area contributed by atoms with Crippen molar-refractivity contribution < 1.29 is 14.3 Å². The summed E-state index contributed by atoms with van der Waals surface area (Å²) in [5, 5.41) is 8.24. The molecular weight excluding hydrogens is 434 g/mol. The smallest absolute Gasteiger partial charge is 0.274 e. The molecule has 2 saturated carbocycles. The van der Waals surface area contributed by atoms with Crippen LogP contribution in [0.4, 0.5) is 5.69 Å². The van der Waals surface area contributed by atoms with Crippen molar-refractivity contribution in [3.8, 4) is 5.88 Å². The Morgan fingerprint density at radius 1 is 1.35 bits per heavy atom. The molecule has 34 heavy (non-hydrogen) atoms. The van der Waals surface area contributed by atoms with E-state index < -0.39 is 5.91 Å². The van der Waals surface area contributed by atoms with Crippen LogP contribution in [0.2, 0.25) is 0 Å². The second-order valence-electron chi connectivity index (χ2n) is 10.7. The van der Waals surface area contributed by atoms with Gasteiger partial charge in [-0.3, -0.25) is 14.3 Å². The van der Waals surface area contributed by atoms with Crippen LogP contribution >= 0.6 is 0 Å². The van der Waals surface area contributed by atoms with Crippen molar-refractivity contribution in [2.45, 2.75) is 70.2 Å². The Morgan fingerprint density at radius 2 is 2.12 bits per heavy atom. The van der Waals surface area contributed by atoms with Crippen molar-refractivity contribution in [1.29, 1.82) is 0 Å². The van der Waals surface area contributed by atoms with Gasteiger partial charge in [-0.25, -0.2) is 0 Å². The molecule has 178 valence electrons. The van der Waals surface area contributed by atoms with Crippen molar-refractivity contribution in [1.82, 2.24) is 19.3 Å². The highest BCUT2D eigenvalue weighted by atomic mass is 16.5. The van der Waals surface area contributed by atoms with Crippen LogP contribution in [-0.2, 0) is 10.3 Å². The van der Waals surface area contributed by atoms with Crippen molar-refractivity contribution in [2.75, 3.05) is 11.9 Å². The topological polar surface area (TPSA) is 100 Å². The summed E-state index contributed by atoms with van der Waals surface area (Å²) in [5.74, 6) is 0.238. The lowest BCUT2D eigenvalue weighted by Gasteiger charge is -2.42. The van der Waals surface area contributed by atoms with Crippen LogP contribution in [0.3, 0.4) is 0 Å². The molecule has 0 radical (unpaired) electrons. The number of pyridine rings is 2. The zero-order valence-corrected chi connectivity index (χ0v) is 19.9. The first-order valence-corrected chi connectivity index (χ1v) is 11.9. The number of amides is 1. The molecule has 1 unspecified atom stereocenters. The van der Waals surface area contributed by atoms with Crippen LogP contribution in [0.1, 0.15) is 63.4 Å². The van der Waals surface area contributed by atoms with Crippen molar-refractivity contribution in [2.24, 2.45) is 5.92 Å². The predicted molar refractivity (Wildman–Crippen MR) is 126 cm³/mol. The van der Waals surface area contributed by atoms with Crippen molar-refractivity contribution in [3.63, 3.8) is 0 Å². The Kier molecular flexibility index (Phi) is 4.49. The van der Waals surface area contributed by atoms with Gasteiger partial charge in [0, 0.05) is 36.7 Å². The molecule has 2 aliphatic heterocycles. The third kappa shape index (κ3) is 3.33. The molecule has 3 aromatic heterocycles. The zero-order valence-electron chi connectivity index (χ0n) is 19.9. The summed E-state index contributed by atoms with van der Waals surface area (Å²) in [6.45, 7) is 8.62. The number of anilines is 1. The van der Waals surface area contributed by atoms with Gasteiger partial charge in [-0.2, -0.15) is 10.1 Å². The number of fused-ring (bicyclic) bond motifs is 2. The molecule has 5 heterocycles. The lowest BCUT2D eigenvalue weighted by Crippen LogP contribution is -2.49. The zero-order chi connectivity index (χ0) is 23.8. The highest BCUT2D eigenvalue weighted by Gasteiger charge is 2.61. The third-order valence-electron chi connectivity index (χ3n) is 7.28. The number of carbonyl (C=O) groups excluding carboxylic acids is 1. The molecule has 2 atom stereocenters. The van der Waals surface area contributed by atoms with Gasteiger partial charge in [-0.1, -0.05) is 6.92 Å². The molecule has 2 saturated heterocycles. The van der Waals surface area contributed by atoms with E-state index in [-0.39, 0.29) is 46.0 Å². The van der Waals surface area contributed by atoms with Crippen LogP contribution in [0.15, 0.2) is 35.4 Å². The Bertz CT molecular complexity index is 1370. The van der Waals surface area contributed by atoms with Gasteiger partial charge < -0.3 is 19.4 Å². The summed E-state index contributed by atoms with van der Waals surface area (Å²) < 4.78 is 15.4. The predicted octanol–water partition coefficient (Wildman–Crippen LogP) is 3.49. The van der Waals surface area contributed by atoms with Gasteiger partial charge in [0.2, 0.25) is 5.88 Å². The number of hydrogen-bond acceptors (Lipinski definition) is 6. The number of carbonyl (C=O) groups is 1. The molecule has 4 aliphatic rings. The minimum absolute atomic E-state index is 0.0661. The van der Waals surface area contributed by atoms with Gasteiger partial charge in [0.1, 0.15) is 11.3 Å². The molecule has 0 aromatic carbocycles. The second kappa shape index (κ2) is 7.15. The van der Waals surface area contributed by atoms with Crippen LogP contribution in [0.5, 0.6) is 5.88 Å². The van der Waals surface area contributed by atoms with Crippen LogP contribution in [0, 0.1) is 5.92 Å². The van der Waals surface area contributed by atoms with Crippen LogP contribution < -0.4 is 15.6 Å². The summed E-state index contributed by atoms with van der Waals surface area (Å²) in [7, 11) is 0. The maximum absolute atomic E-state index is 13.3. The SMILES string of the molecule is CC(C)Oc1nc2nn(C34COC(C)(C3)C4)cc2cc1C(=O)Nc1cccn(C2C[C@H]2C)c1=O. The summed E-state index contributed by atoms with van der Waals surface area (Å²) in [5.41, 5.74) is 0.622. The first-order valence-electron chi connectivity index (χ1n) is 11.9. The average molecular weight is 464 g/mol. The molecular formula is C25H29N5O4. The van der Waals surface area contributed by atoms with Crippen LogP contribution in [-0.4, -0.2) is 43.6 Å². The molecule has 7 rings (SSSR count). The lowest BCUT2D eigenvalue weighted by atomic mass is 9.69. The first kappa shape index (κ1) is 21.3. The van der Waals surface area contributed by atoms with Crippen molar-refractivity contribution in [3.05, 3.63) is 46.5 Å². The number of nitrogens with zero attached hydrogens (tertiary/aromatic N) is 4. The maximum atomic E-state index is 13.3. The van der Waals surface area contributed by atoms with E-state index in [0.717, 1.165) is 24.6 Å². The first-order chi connectivity index (χ1) is 16.2. The van der Waals surface area contributed by atoms with Gasteiger partial charge in [0.15, 0.2) is 5.65 Å². The minimum Gasteiger partial charge on any atom is -0.474 e. The molecule has 0 spiro atoms. The lowest BCUT2D eigenvalue weighted by molar-refractivity contribution is 0.00381. The maximum Gasteiger partial charge on any atom is 0.274 e. The largest absolute Gasteiger partial charge is 0.474 e. The van der Waals surface area contributed by atoms with Gasteiger partial charge in [-0.05, 0) is 51.3 Å². The molecule has 2 bridgehead atoms. The monoisotopic (exact) mass is 463 g/mol. The number of nitrogens with one attached hydrogen (secondary N) is 1. The van der Waals surface area contributed by atoms with Gasteiger partial charge in [-0.15, -0.1) is 0 Å². The molecule has 3 aromatic rings. The summed E-state index contributed by atoms with van der Waals surface area (Å²) in [6.07, 6.45) is 6.32. The van der Waals surface area contributed by atoms with E-state index in [4.69, 9.17) is 14.6 Å². The highest BCUT2D eigenvalue weighted by Crippen LogP contribution is 2.55. The molecule has 1 amide bonds. The molecule has 9 nitrogen and oxygen atoms in total. The number of aromatic nitrogens is 4.